The van der Waals surface area contributed by atoms with Crippen molar-refractivity contribution in [1.82, 2.24) is 14.9 Å². The van der Waals surface area contributed by atoms with Gasteiger partial charge >= 0.3 is 0 Å². The highest BCUT2D eigenvalue weighted by Gasteiger charge is 2.27. The number of carbonyl (C=O) groups excluding carboxylic acids is 1. The van der Waals surface area contributed by atoms with Crippen LogP contribution in [-0.4, -0.2) is 53.6 Å². The van der Waals surface area contributed by atoms with Gasteiger partial charge in [0.2, 0.25) is 11.8 Å². The lowest BCUT2D eigenvalue weighted by molar-refractivity contribution is 0.0791. The van der Waals surface area contributed by atoms with E-state index in [1.807, 2.05) is 29.2 Å². The number of halogens is 1. The maximum atomic E-state index is 12.7. The van der Waals surface area contributed by atoms with Crippen molar-refractivity contribution in [3.05, 3.63) is 41.0 Å². The summed E-state index contributed by atoms with van der Waals surface area (Å²) in [5.41, 5.74) is 1.60. The zero-order valence-corrected chi connectivity index (χ0v) is 16.6. The van der Waals surface area contributed by atoms with Crippen LogP contribution in [0.3, 0.4) is 0 Å². The van der Waals surface area contributed by atoms with Crippen LogP contribution in [0.15, 0.2) is 30.5 Å². The van der Waals surface area contributed by atoms with Gasteiger partial charge in [0, 0.05) is 30.4 Å². The molecule has 1 amide bonds. The molecule has 1 saturated heterocycles. The molecule has 146 valence electrons. The van der Waals surface area contributed by atoms with Gasteiger partial charge in [0.15, 0.2) is 0 Å². The minimum atomic E-state index is 0.0128. The average Bonchev–Trinajstić information content (AvgIpc) is 3.18. The van der Waals surface area contributed by atoms with Crippen LogP contribution < -0.4 is 15.4 Å². The summed E-state index contributed by atoms with van der Waals surface area (Å²) >= 11 is 5.95. The molecule has 1 aromatic heterocycles. The molecule has 3 rings (SSSR count). The minimum Gasteiger partial charge on any atom is -0.480 e. The van der Waals surface area contributed by atoms with E-state index in [1.165, 1.54) is 13.3 Å². The summed E-state index contributed by atoms with van der Waals surface area (Å²) in [4.78, 5) is 23.0. The first-order valence-corrected chi connectivity index (χ1v) is 9.34. The molecule has 0 saturated carbocycles. The Morgan fingerprint density at radius 2 is 2.18 bits per heavy atom. The van der Waals surface area contributed by atoms with Crippen molar-refractivity contribution >= 4 is 29.1 Å². The molecule has 0 radical (unpaired) electrons. The molecule has 1 atom stereocenters. The Bertz CT molecular complexity index is 892. The molecule has 1 aliphatic heterocycles. The van der Waals surface area contributed by atoms with E-state index >= 15 is 0 Å². The van der Waals surface area contributed by atoms with E-state index in [-0.39, 0.29) is 11.9 Å². The van der Waals surface area contributed by atoms with Gasteiger partial charge in [-0.2, -0.15) is 4.98 Å². The molecular weight excluding hydrogens is 378 g/mol. The number of methoxy groups -OCH3 is 1. The molecule has 1 aromatic carbocycles. The molecule has 2 aromatic rings. The number of likely N-dealkylation sites (tertiary alicyclic amines) is 1. The third kappa shape index (κ3) is 4.84. The summed E-state index contributed by atoms with van der Waals surface area (Å²) < 4.78 is 5.11. The molecular formula is C20H22ClN5O2. The predicted octanol–water partition coefficient (Wildman–Crippen LogP) is 2.90. The summed E-state index contributed by atoms with van der Waals surface area (Å²) in [6, 6.07) is 7.52. The van der Waals surface area contributed by atoms with Gasteiger partial charge in [0.05, 0.1) is 19.9 Å². The Labute approximate surface area is 169 Å². The van der Waals surface area contributed by atoms with Gasteiger partial charge in [-0.05, 0) is 37.6 Å². The van der Waals surface area contributed by atoms with E-state index in [1.54, 1.807) is 6.92 Å². The maximum Gasteiger partial charge on any atom is 0.253 e. The first-order chi connectivity index (χ1) is 13.6. The van der Waals surface area contributed by atoms with E-state index in [0.29, 0.717) is 42.0 Å². The van der Waals surface area contributed by atoms with Crippen molar-refractivity contribution in [3.63, 3.8) is 0 Å². The Kier molecular flexibility index (Phi) is 6.56. The fraction of sp³-hybridized carbons (Fsp3) is 0.350. The maximum absolute atomic E-state index is 12.7. The number of ether oxygens (including phenoxy) is 1. The molecule has 7 nitrogen and oxygen atoms in total. The van der Waals surface area contributed by atoms with Crippen LogP contribution in [0.1, 0.15) is 23.7 Å². The number of anilines is 2. The molecule has 0 unspecified atom stereocenters. The van der Waals surface area contributed by atoms with Crippen molar-refractivity contribution in [1.29, 1.82) is 0 Å². The Morgan fingerprint density at radius 3 is 2.89 bits per heavy atom. The Hall–Kier alpha value is -2.98. The molecule has 2 heterocycles. The fourth-order valence-corrected chi connectivity index (χ4v) is 3.13. The lowest BCUT2D eigenvalue weighted by atomic mass is 10.2. The van der Waals surface area contributed by atoms with E-state index in [2.05, 4.69) is 32.4 Å². The number of amides is 1. The number of benzene rings is 1. The van der Waals surface area contributed by atoms with Gasteiger partial charge in [-0.25, -0.2) is 4.98 Å². The Balaban J connectivity index is 1.57. The summed E-state index contributed by atoms with van der Waals surface area (Å²) in [7, 11) is 1.51. The molecule has 28 heavy (non-hydrogen) atoms. The third-order valence-corrected chi connectivity index (χ3v) is 4.66. The summed E-state index contributed by atoms with van der Waals surface area (Å²) in [6.07, 6.45) is 2.31. The highest BCUT2D eigenvalue weighted by molar-refractivity contribution is 6.31. The normalized spacial score (nSPS) is 15.5. The van der Waals surface area contributed by atoms with Crippen molar-refractivity contribution in [2.45, 2.75) is 19.4 Å². The van der Waals surface area contributed by atoms with E-state index in [4.69, 9.17) is 16.3 Å². The number of nitrogens with zero attached hydrogens (tertiary/aromatic N) is 3. The molecule has 0 bridgehead atoms. The van der Waals surface area contributed by atoms with Crippen LogP contribution in [-0.2, 0) is 0 Å². The predicted molar refractivity (Wildman–Crippen MR) is 110 cm³/mol. The third-order valence-electron chi connectivity index (χ3n) is 4.40. The second-order valence-corrected chi connectivity index (χ2v) is 6.70. The van der Waals surface area contributed by atoms with Gasteiger partial charge < -0.3 is 20.3 Å². The molecule has 1 fully saturated rings. The van der Waals surface area contributed by atoms with Gasteiger partial charge in [-0.3, -0.25) is 4.79 Å². The first-order valence-electron chi connectivity index (χ1n) is 8.96. The number of rotatable bonds is 6. The molecule has 0 spiro atoms. The number of hydrogen-bond donors (Lipinski definition) is 2. The minimum absolute atomic E-state index is 0.0128. The summed E-state index contributed by atoms with van der Waals surface area (Å²) in [5.74, 6) is 6.55. The highest BCUT2D eigenvalue weighted by atomic mass is 35.5. The van der Waals surface area contributed by atoms with Gasteiger partial charge in [-0.15, -0.1) is 5.92 Å². The SMILES string of the molecule is CC#CCNc1ccc(C(=O)N2CC[C@@H](Nc3ncc(Cl)c(OC)n3)C2)cc1. The Morgan fingerprint density at radius 1 is 1.39 bits per heavy atom. The lowest BCUT2D eigenvalue weighted by Gasteiger charge is -2.17. The number of nitrogens with one attached hydrogen (secondary N) is 2. The lowest BCUT2D eigenvalue weighted by Crippen LogP contribution is -2.31. The van der Waals surface area contributed by atoms with E-state index in [9.17, 15) is 4.79 Å². The van der Waals surface area contributed by atoms with E-state index < -0.39 is 0 Å². The fourth-order valence-electron chi connectivity index (χ4n) is 2.96. The van der Waals surface area contributed by atoms with Crippen LogP contribution in [0.2, 0.25) is 5.02 Å². The van der Waals surface area contributed by atoms with Crippen molar-refractivity contribution in [2.24, 2.45) is 0 Å². The average molecular weight is 400 g/mol. The van der Waals surface area contributed by atoms with Gasteiger partial charge in [-0.1, -0.05) is 17.5 Å². The van der Waals surface area contributed by atoms with E-state index in [0.717, 1.165) is 12.1 Å². The molecule has 1 aliphatic rings. The van der Waals surface area contributed by atoms with Crippen molar-refractivity contribution in [3.8, 4) is 17.7 Å². The topological polar surface area (TPSA) is 79.4 Å². The van der Waals surface area contributed by atoms with Crippen LogP contribution >= 0.6 is 11.6 Å². The summed E-state index contributed by atoms with van der Waals surface area (Å²) in [5, 5.41) is 6.78. The van der Waals surface area contributed by atoms with Crippen LogP contribution in [0, 0.1) is 11.8 Å². The number of aromatic nitrogens is 2. The highest BCUT2D eigenvalue weighted by Crippen LogP contribution is 2.23. The zero-order valence-electron chi connectivity index (χ0n) is 15.8. The molecule has 8 heteroatoms. The number of hydrogen-bond acceptors (Lipinski definition) is 6. The van der Waals surface area contributed by atoms with Crippen molar-refractivity contribution in [2.75, 3.05) is 37.4 Å². The second kappa shape index (κ2) is 9.29. The smallest absolute Gasteiger partial charge is 0.253 e. The van der Waals surface area contributed by atoms with Gasteiger partial charge in [0.1, 0.15) is 5.02 Å². The first kappa shape index (κ1) is 19.8. The van der Waals surface area contributed by atoms with Gasteiger partial charge in [0.25, 0.3) is 5.91 Å². The zero-order chi connectivity index (χ0) is 19.9. The number of carbonyl (C=O) groups is 1. The molecule has 0 aliphatic carbocycles. The largest absolute Gasteiger partial charge is 0.480 e. The van der Waals surface area contributed by atoms with Crippen LogP contribution in [0.25, 0.3) is 0 Å². The quantitative estimate of drug-likeness (QED) is 0.727. The summed E-state index contributed by atoms with van der Waals surface area (Å²) in [6.45, 7) is 3.64. The standard InChI is InChI=1S/C20H22ClN5O2/c1-3-4-10-22-15-7-5-14(6-8-15)19(27)26-11-9-16(13-26)24-20-23-12-17(21)18(25-20)28-2/h5-8,12,16,22H,9-11,13H2,1-2H3,(H,23,24,25)/t16-/m1/s1. The van der Waals surface area contributed by atoms with Crippen LogP contribution in [0.4, 0.5) is 11.6 Å². The van der Waals surface area contributed by atoms with Crippen molar-refractivity contribution < 1.29 is 9.53 Å². The monoisotopic (exact) mass is 399 g/mol. The molecule has 2 N–H and O–H groups in total. The van der Waals surface area contributed by atoms with Crippen LogP contribution in [0.5, 0.6) is 5.88 Å². The second-order valence-electron chi connectivity index (χ2n) is 6.29.